The molecule has 0 aliphatic heterocycles. The molecule has 1 atom stereocenters. The van der Waals surface area contributed by atoms with Crippen LogP contribution in [0.1, 0.15) is 33.1 Å². The van der Waals surface area contributed by atoms with E-state index in [0.717, 1.165) is 51.1 Å². The molecular formula is C17H30N2O. The lowest BCUT2D eigenvalue weighted by Gasteiger charge is -2.26. The largest absolute Gasteiger partial charge is 0.372 e. The molecule has 0 aromatic carbocycles. The Kier molecular flexibility index (Phi) is 10.7. The number of allylic oxidation sites excluding steroid dienone is 2. The van der Waals surface area contributed by atoms with Gasteiger partial charge in [-0.05, 0) is 44.5 Å². The van der Waals surface area contributed by atoms with Gasteiger partial charge >= 0.3 is 0 Å². The second kappa shape index (κ2) is 11.5. The highest BCUT2D eigenvalue weighted by molar-refractivity contribution is 5.91. The molecule has 0 saturated heterocycles. The van der Waals surface area contributed by atoms with E-state index in [9.17, 15) is 4.79 Å². The Labute approximate surface area is 124 Å². The van der Waals surface area contributed by atoms with Crippen LogP contribution in [0.25, 0.3) is 0 Å². The molecule has 20 heavy (non-hydrogen) atoms. The summed E-state index contributed by atoms with van der Waals surface area (Å²) in [6, 6.07) is 0. The maximum atomic E-state index is 11.9. The van der Waals surface area contributed by atoms with E-state index >= 15 is 0 Å². The van der Waals surface area contributed by atoms with Gasteiger partial charge in [-0.25, -0.2) is 0 Å². The molecule has 1 N–H and O–H groups in total. The molecule has 0 radical (unpaired) electrons. The maximum Gasteiger partial charge on any atom is 0.158 e. The van der Waals surface area contributed by atoms with Gasteiger partial charge in [-0.2, -0.15) is 0 Å². The first-order valence-electron chi connectivity index (χ1n) is 7.53. The summed E-state index contributed by atoms with van der Waals surface area (Å²) in [7, 11) is 0. The molecule has 114 valence electrons. The molecule has 0 saturated carbocycles. The van der Waals surface area contributed by atoms with Crippen molar-refractivity contribution >= 4 is 5.78 Å². The van der Waals surface area contributed by atoms with Crippen LogP contribution in [-0.4, -0.2) is 36.9 Å². The van der Waals surface area contributed by atoms with Gasteiger partial charge < -0.3 is 10.2 Å². The molecule has 0 aliphatic carbocycles. The van der Waals surface area contributed by atoms with Crippen LogP contribution in [0.4, 0.5) is 0 Å². The zero-order valence-corrected chi connectivity index (χ0v) is 13.2. The van der Waals surface area contributed by atoms with Gasteiger partial charge in [0, 0.05) is 24.7 Å². The van der Waals surface area contributed by atoms with E-state index in [-0.39, 0.29) is 11.7 Å². The highest BCUT2D eigenvalue weighted by Gasteiger charge is 2.16. The predicted octanol–water partition coefficient (Wildman–Crippen LogP) is 3.16. The van der Waals surface area contributed by atoms with E-state index in [1.807, 2.05) is 0 Å². The average molecular weight is 278 g/mol. The van der Waals surface area contributed by atoms with Gasteiger partial charge in [-0.3, -0.25) is 4.79 Å². The van der Waals surface area contributed by atoms with Crippen molar-refractivity contribution in [2.75, 3.05) is 26.2 Å². The third kappa shape index (κ3) is 7.29. The van der Waals surface area contributed by atoms with Crippen LogP contribution in [0.5, 0.6) is 0 Å². The SMILES string of the molecule is C=CC(=C)N(CCC)CCC(CCNCC)C(=O)C=C. The maximum absolute atomic E-state index is 11.9. The second-order valence-corrected chi connectivity index (χ2v) is 4.92. The van der Waals surface area contributed by atoms with E-state index < -0.39 is 0 Å². The van der Waals surface area contributed by atoms with Gasteiger partial charge in [0.05, 0.1) is 0 Å². The summed E-state index contributed by atoms with van der Waals surface area (Å²) in [6.07, 6.45) is 5.98. The number of carbonyl (C=O) groups excluding carboxylic acids is 1. The molecular weight excluding hydrogens is 248 g/mol. The second-order valence-electron chi connectivity index (χ2n) is 4.92. The summed E-state index contributed by atoms with van der Waals surface area (Å²) in [5.41, 5.74) is 0.934. The number of ketones is 1. The number of hydrogen-bond acceptors (Lipinski definition) is 3. The number of rotatable bonds is 13. The van der Waals surface area contributed by atoms with Crippen molar-refractivity contribution in [2.24, 2.45) is 5.92 Å². The Bertz CT molecular complexity index is 323. The molecule has 0 amide bonds. The van der Waals surface area contributed by atoms with Gasteiger partial charge in [-0.15, -0.1) is 0 Å². The summed E-state index contributed by atoms with van der Waals surface area (Å²) in [5.74, 6) is 0.187. The fourth-order valence-electron chi connectivity index (χ4n) is 2.16. The third-order valence-electron chi connectivity index (χ3n) is 3.41. The lowest BCUT2D eigenvalue weighted by Crippen LogP contribution is -2.28. The van der Waals surface area contributed by atoms with Gasteiger partial charge in [0.1, 0.15) is 0 Å². The molecule has 3 heteroatoms. The minimum absolute atomic E-state index is 0.0449. The van der Waals surface area contributed by atoms with Gasteiger partial charge in [0.15, 0.2) is 5.78 Å². The minimum atomic E-state index is 0.0449. The number of carbonyl (C=O) groups is 1. The Morgan fingerprint density at radius 3 is 2.40 bits per heavy atom. The van der Waals surface area contributed by atoms with Gasteiger partial charge in [0.2, 0.25) is 0 Å². The lowest BCUT2D eigenvalue weighted by atomic mass is 9.95. The topological polar surface area (TPSA) is 32.3 Å². The summed E-state index contributed by atoms with van der Waals surface area (Å²) in [5, 5.41) is 3.27. The molecule has 0 bridgehead atoms. The number of nitrogens with one attached hydrogen (secondary N) is 1. The van der Waals surface area contributed by atoms with E-state index in [2.05, 4.69) is 43.8 Å². The standard InChI is InChI=1S/C17H30N2O/c1-6-13-19(15(5)7-2)14-11-16(17(20)8-3)10-12-18-9-4/h7-8,16,18H,2-3,5-6,9-14H2,1,4H3. The lowest BCUT2D eigenvalue weighted by molar-refractivity contribution is -0.118. The third-order valence-corrected chi connectivity index (χ3v) is 3.41. The van der Waals surface area contributed by atoms with Crippen LogP contribution in [0.3, 0.4) is 0 Å². The number of nitrogens with zero attached hydrogens (tertiary/aromatic N) is 1. The first-order chi connectivity index (χ1) is 9.60. The van der Waals surface area contributed by atoms with Crippen molar-refractivity contribution in [3.05, 3.63) is 37.6 Å². The van der Waals surface area contributed by atoms with E-state index in [1.54, 1.807) is 6.08 Å². The van der Waals surface area contributed by atoms with Crippen LogP contribution in [0.2, 0.25) is 0 Å². The normalized spacial score (nSPS) is 11.7. The fraction of sp³-hybridized carbons (Fsp3) is 0.588. The van der Waals surface area contributed by atoms with Crippen molar-refractivity contribution < 1.29 is 4.79 Å². The molecule has 0 rings (SSSR count). The average Bonchev–Trinajstić information content (AvgIpc) is 2.47. The van der Waals surface area contributed by atoms with Crippen molar-refractivity contribution in [3.8, 4) is 0 Å². The van der Waals surface area contributed by atoms with Crippen molar-refractivity contribution in [1.29, 1.82) is 0 Å². The summed E-state index contributed by atoms with van der Waals surface area (Å²) in [4.78, 5) is 14.1. The zero-order valence-electron chi connectivity index (χ0n) is 13.2. The van der Waals surface area contributed by atoms with Gasteiger partial charge in [-0.1, -0.05) is 33.6 Å². The summed E-state index contributed by atoms with van der Waals surface area (Å²) < 4.78 is 0. The Morgan fingerprint density at radius 1 is 1.20 bits per heavy atom. The van der Waals surface area contributed by atoms with Crippen LogP contribution < -0.4 is 5.32 Å². The molecule has 0 fully saturated rings. The first-order valence-corrected chi connectivity index (χ1v) is 7.53. The first kappa shape index (κ1) is 18.7. The van der Waals surface area contributed by atoms with E-state index in [1.165, 1.54) is 6.08 Å². The van der Waals surface area contributed by atoms with Crippen LogP contribution in [0, 0.1) is 5.92 Å². The Balaban J connectivity index is 4.46. The Hall–Kier alpha value is -1.35. The van der Waals surface area contributed by atoms with E-state index in [4.69, 9.17) is 0 Å². The monoisotopic (exact) mass is 278 g/mol. The van der Waals surface area contributed by atoms with Crippen LogP contribution in [0.15, 0.2) is 37.6 Å². The van der Waals surface area contributed by atoms with Crippen LogP contribution >= 0.6 is 0 Å². The molecule has 0 heterocycles. The number of hydrogen-bond donors (Lipinski definition) is 1. The Morgan fingerprint density at radius 2 is 1.90 bits per heavy atom. The summed E-state index contributed by atoms with van der Waals surface area (Å²) in [6.45, 7) is 19.2. The molecule has 1 unspecified atom stereocenters. The highest BCUT2D eigenvalue weighted by atomic mass is 16.1. The molecule has 0 aliphatic rings. The van der Waals surface area contributed by atoms with E-state index in [0.29, 0.717) is 0 Å². The van der Waals surface area contributed by atoms with Crippen molar-refractivity contribution in [1.82, 2.24) is 10.2 Å². The minimum Gasteiger partial charge on any atom is -0.372 e. The van der Waals surface area contributed by atoms with Crippen molar-refractivity contribution in [3.63, 3.8) is 0 Å². The zero-order chi connectivity index (χ0) is 15.4. The predicted molar refractivity (Wildman–Crippen MR) is 87.7 cm³/mol. The molecule has 0 spiro atoms. The molecule has 0 aromatic heterocycles. The van der Waals surface area contributed by atoms with Crippen molar-refractivity contribution in [2.45, 2.75) is 33.1 Å². The summed E-state index contributed by atoms with van der Waals surface area (Å²) >= 11 is 0. The van der Waals surface area contributed by atoms with Gasteiger partial charge in [0.25, 0.3) is 0 Å². The fourth-order valence-corrected chi connectivity index (χ4v) is 2.16. The molecule has 3 nitrogen and oxygen atoms in total. The highest BCUT2D eigenvalue weighted by Crippen LogP contribution is 2.14. The van der Waals surface area contributed by atoms with Crippen LogP contribution in [-0.2, 0) is 4.79 Å². The molecule has 0 aromatic rings. The quantitative estimate of drug-likeness (QED) is 0.319. The smallest absolute Gasteiger partial charge is 0.158 e.